The zero-order chi connectivity index (χ0) is 31.4. The Hall–Kier alpha value is -4.14. The number of thioether (sulfide) groups is 1. The van der Waals surface area contributed by atoms with Crippen molar-refractivity contribution >= 4 is 29.3 Å². The summed E-state index contributed by atoms with van der Waals surface area (Å²) in [7, 11) is 0. The van der Waals surface area contributed by atoms with Gasteiger partial charge in [0.15, 0.2) is 6.29 Å². The summed E-state index contributed by atoms with van der Waals surface area (Å²) in [5, 5.41) is 33.8. The number of unbranched alkanes of at least 4 members (excludes halogenated alkanes) is 2. The van der Waals surface area contributed by atoms with Crippen molar-refractivity contribution in [2.24, 2.45) is 0 Å². The summed E-state index contributed by atoms with van der Waals surface area (Å²) in [4.78, 5) is 23.5. The van der Waals surface area contributed by atoms with Crippen LogP contribution < -0.4 is 10.8 Å². The largest absolute Gasteiger partial charge is 0.392 e. The molecule has 45 heavy (non-hydrogen) atoms. The molecule has 5 rings (SSSR count). The van der Waals surface area contributed by atoms with Crippen LogP contribution in [0.15, 0.2) is 84.0 Å². The number of anilines is 1. The van der Waals surface area contributed by atoms with E-state index in [-0.39, 0.29) is 31.1 Å². The molecule has 236 valence electrons. The molecule has 1 fully saturated rings. The third kappa shape index (κ3) is 9.19. The normalized spacial score (nSPS) is 18.0. The fraction of sp³-hybridized carbons (Fsp3) is 0.344. The van der Waals surface area contributed by atoms with Crippen LogP contribution in [0.1, 0.15) is 67.6 Å². The average Bonchev–Trinajstić information content (AvgIpc) is 3.56. The van der Waals surface area contributed by atoms with E-state index in [1.165, 1.54) is 11.8 Å². The van der Waals surface area contributed by atoms with Crippen molar-refractivity contribution in [2.75, 3.05) is 11.1 Å². The first kappa shape index (κ1) is 32.3. The number of carbonyl (C=O) groups is 2. The Labute approximate surface area is 265 Å². The lowest BCUT2D eigenvalue weighted by molar-refractivity contribution is -0.245. The van der Waals surface area contributed by atoms with E-state index in [1.54, 1.807) is 10.2 Å². The maximum absolute atomic E-state index is 12.4. The number of aromatic nitrogens is 4. The smallest absolute Gasteiger partial charge is 0.243 e. The molecular formula is C32H36N6O6S. The van der Waals surface area contributed by atoms with Crippen molar-refractivity contribution in [1.29, 1.82) is 0 Å². The standard InChI is InChI=1S/C32H36N6O6S/c39-20-22-11-13-23(14-12-22)28-19-27(21-45-32-34-36-37-38(32)26-7-3-1-4-8-26)43-31(44-28)24-15-17-25(18-16-24)33-29(40)9-5-2-6-10-30(41)35-42/h1,3-4,7-8,11-18,27-28,31,39,42H,2,5-6,9-10,19-21H2,(H,33,40)(H,35,41). The monoisotopic (exact) mass is 632 g/mol. The van der Waals surface area contributed by atoms with Gasteiger partial charge in [-0.25, -0.2) is 5.48 Å². The molecule has 1 aliphatic rings. The Morgan fingerprint density at radius 2 is 1.60 bits per heavy atom. The molecule has 1 aliphatic heterocycles. The zero-order valence-electron chi connectivity index (χ0n) is 24.6. The van der Waals surface area contributed by atoms with E-state index in [0.29, 0.717) is 48.7 Å². The second kappa shape index (κ2) is 16.3. The number of carbonyl (C=O) groups excluding carboxylic acids is 2. The molecule has 3 unspecified atom stereocenters. The lowest BCUT2D eigenvalue weighted by atomic mass is 10.0. The van der Waals surface area contributed by atoms with Gasteiger partial charge in [-0.05, 0) is 58.7 Å². The highest BCUT2D eigenvalue weighted by molar-refractivity contribution is 7.99. The van der Waals surface area contributed by atoms with Gasteiger partial charge in [0.2, 0.25) is 17.0 Å². The fourth-order valence-corrected chi connectivity index (χ4v) is 5.85. The third-order valence-corrected chi connectivity index (χ3v) is 8.41. The van der Waals surface area contributed by atoms with Crippen LogP contribution in [0.2, 0.25) is 0 Å². The molecule has 1 aromatic heterocycles. The van der Waals surface area contributed by atoms with Crippen LogP contribution in [-0.2, 0) is 25.7 Å². The van der Waals surface area contributed by atoms with Gasteiger partial charge in [-0.1, -0.05) is 72.8 Å². The van der Waals surface area contributed by atoms with Gasteiger partial charge in [-0.3, -0.25) is 14.8 Å². The van der Waals surface area contributed by atoms with Crippen LogP contribution in [0, 0.1) is 0 Å². The van der Waals surface area contributed by atoms with Crippen LogP contribution in [-0.4, -0.2) is 54.2 Å². The van der Waals surface area contributed by atoms with Crippen LogP contribution in [0.25, 0.3) is 5.69 Å². The number of rotatable bonds is 14. The van der Waals surface area contributed by atoms with Gasteiger partial charge in [0, 0.05) is 36.3 Å². The first-order valence-electron chi connectivity index (χ1n) is 14.8. The Morgan fingerprint density at radius 1 is 0.889 bits per heavy atom. The van der Waals surface area contributed by atoms with Crippen molar-refractivity contribution in [2.45, 2.75) is 68.8 Å². The summed E-state index contributed by atoms with van der Waals surface area (Å²) in [5.74, 6) is 0.0593. The molecule has 13 heteroatoms. The maximum atomic E-state index is 12.4. The van der Waals surface area contributed by atoms with E-state index >= 15 is 0 Å². The molecule has 4 N–H and O–H groups in total. The minimum atomic E-state index is -0.641. The van der Waals surface area contributed by atoms with E-state index in [2.05, 4.69) is 20.8 Å². The molecule has 0 radical (unpaired) electrons. The van der Waals surface area contributed by atoms with Crippen LogP contribution in [0.5, 0.6) is 0 Å². The SMILES string of the molecule is O=C(CCCCCC(=O)Nc1ccc(C2OC(CSc3nnnn3-c3ccccc3)CC(c3ccc(CO)cc3)O2)cc1)NO. The highest BCUT2D eigenvalue weighted by atomic mass is 32.2. The summed E-state index contributed by atoms with van der Waals surface area (Å²) < 4.78 is 14.6. The predicted octanol–water partition coefficient (Wildman–Crippen LogP) is 4.89. The number of hydrogen-bond acceptors (Lipinski definition) is 10. The molecule has 12 nitrogen and oxygen atoms in total. The minimum absolute atomic E-state index is 0.0286. The Bertz CT molecular complexity index is 1520. The molecular weight excluding hydrogens is 596 g/mol. The van der Waals surface area contributed by atoms with E-state index in [1.807, 2.05) is 78.9 Å². The fourth-order valence-electron chi connectivity index (χ4n) is 4.94. The summed E-state index contributed by atoms with van der Waals surface area (Å²) in [6.45, 7) is -0.0286. The van der Waals surface area contributed by atoms with Crippen molar-refractivity contribution in [1.82, 2.24) is 25.7 Å². The summed E-state index contributed by atoms with van der Waals surface area (Å²) >= 11 is 1.51. The molecule has 0 bridgehead atoms. The van der Waals surface area contributed by atoms with Crippen molar-refractivity contribution in [3.63, 3.8) is 0 Å². The molecule has 3 atom stereocenters. The summed E-state index contributed by atoms with van der Waals surface area (Å²) in [5.41, 5.74) is 5.78. The molecule has 0 spiro atoms. The molecule has 4 aromatic rings. The number of aliphatic hydroxyl groups excluding tert-OH is 1. The van der Waals surface area contributed by atoms with Crippen molar-refractivity contribution in [3.05, 3.63) is 95.6 Å². The molecule has 2 amide bonds. The van der Waals surface area contributed by atoms with Crippen LogP contribution in [0.4, 0.5) is 5.69 Å². The van der Waals surface area contributed by atoms with E-state index in [0.717, 1.165) is 22.4 Å². The molecule has 0 aliphatic carbocycles. The summed E-state index contributed by atoms with van der Waals surface area (Å²) in [6.07, 6.45) is 2.07. The number of hydroxylamine groups is 1. The minimum Gasteiger partial charge on any atom is -0.392 e. The predicted molar refractivity (Wildman–Crippen MR) is 166 cm³/mol. The maximum Gasteiger partial charge on any atom is 0.243 e. The number of para-hydroxylation sites is 1. The first-order chi connectivity index (χ1) is 22.0. The second-order valence-corrected chi connectivity index (χ2v) is 11.6. The number of nitrogens with one attached hydrogen (secondary N) is 2. The number of tetrazole rings is 1. The third-order valence-electron chi connectivity index (χ3n) is 7.35. The number of amides is 2. The number of nitrogens with zero attached hydrogens (tertiary/aromatic N) is 4. The van der Waals surface area contributed by atoms with Gasteiger partial charge in [0.05, 0.1) is 24.5 Å². The van der Waals surface area contributed by atoms with Crippen molar-refractivity contribution in [3.8, 4) is 5.69 Å². The van der Waals surface area contributed by atoms with Gasteiger partial charge in [0.25, 0.3) is 0 Å². The molecule has 0 saturated carbocycles. The second-order valence-electron chi connectivity index (χ2n) is 10.6. The Kier molecular flexibility index (Phi) is 11.6. The lowest BCUT2D eigenvalue weighted by Crippen LogP contribution is -2.31. The highest BCUT2D eigenvalue weighted by Crippen LogP contribution is 2.39. The highest BCUT2D eigenvalue weighted by Gasteiger charge is 2.32. The topological polar surface area (TPSA) is 161 Å². The molecule has 3 aromatic carbocycles. The number of aliphatic hydroxyl groups is 1. The molecule has 2 heterocycles. The van der Waals surface area contributed by atoms with Gasteiger partial charge < -0.3 is 19.9 Å². The Morgan fingerprint density at radius 3 is 2.31 bits per heavy atom. The molecule has 1 saturated heterocycles. The van der Waals surface area contributed by atoms with Gasteiger partial charge in [0.1, 0.15) is 0 Å². The number of benzene rings is 3. The number of hydrogen-bond donors (Lipinski definition) is 4. The van der Waals surface area contributed by atoms with Crippen molar-refractivity contribution < 1.29 is 29.4 Å². The summed E-state index contributed by atoms with van der Waals surface area (Å²) in [6, 6.07) is 24.8. The van der Waals surface area contributed by atoms with E-state index in [9.17, 15) is 14.7 Å². The van der Waals surface area contributed by atoms with Gasteiger partial charge in [-0.15, -0.1) is 5.10 Å². The quantitative estimate of drug-likeness (QED) is 0.0652. The number of ether oxygens (including phenoxy) is 2. The first-order valence-corrected chi connectivity index (χ1v) is 15.8. The van der Waals surface area contributed by atoms with Gasteiger partial charge in [-0.2, -0.15) is 4.68 Å². The zero-order valence-corrected chi connectivity index (χ0v) is 25.4. The van der Waals surface area contributed by atoms with Crippen LogP contribution >= 0.6 is 11.8 Å². The van der Waals surface area contributed by atoms with Gasteiger partial charge >= 0.3 is 0 Å². The van der Waals surface area contributed by atoms with E-state index < -0.39 is 12.2 Å². The van der Waals surface area contributed by atoms with Crippen LogP contribution in [0.3, 0.4) is 0 Å². The lowest BCUT2D eigenvalue weighted by Gasteiger charge is -2.36. The Balaban J connectivity index is 1.22. The van der Waals surface area contributed by atoms with E-state index in [4.69, 9.17) is 14.7 Å². The average molecular weight is 633 g/mol.